The average molecular weight is 568 g/mol. The third-order valence-corrected chi connectivity index (χ3v) is 10.7. The average Bonchev–Trinajstić information content (AvgIpc) is 3.50. The molecule has 8 aromatic rings. The van der Waals surface area contributed by atoms with Gasteiger partial charge in [-0.05, 0) is 51.9 Å². The highest BCUT2D eigenvalue weighted by molar-refractivity contribution is 7.99. The summed E-state index contributed by atoms with van der Waals surface area (Å²) < 4.78 is 2.31. The standard InChI is InChI=1S/C39H25N3S/c1-39(2)29-13-6-3-10-22(29)24-18-21-27-25(35(24)39)19-20-26-23-11-4-7-15-31(23)42(37(26)27)38-40-30-14-9-17-33-34(30)36(41-38)28-12-5-8-16-32(28)43-33/h3-21H,1-2H3. The Bertz CT molecular complexity index is 2520. The van der Waals surface area contributed by atoms with Crippen molar-refractivity contribution in [2.45, 2.75) is 29.1 Å². The molecule has 1 aliphatic heterocycles. The van der Waals surface area contributed by atoms with Crippen molar-refractivity contribution in [3.8, 4) is 28.3 Å². The van der Waals surface area contributed by atoms with Crippen LogP contribution in [0.2, 0.25) is 0 Å². The van der Waals surface area contributed by atoms with Gasteiger partial charge in [0.25, 0.3) is 0 Å². The van der Waals surface area contributed by atoms with Gasteiger partial charge < -0.3 is 0 Å². The van der Waals surface area contributed by atoms with Gasteiger partial charge in [0.2, 0.25) is 5.95 Å². The molecule has 0 saturated heterocycles. The van der Waals surface area contributed by atoms with Gasteiger partial charge in [-0.15, -0.1) is 0 Å². The maximum Gasteiger partial charge on any atom is 0.235 e. The molecule has 0 fully saturated rings. The minimum absolute atomic E-state index is 0.0998. The quantitative estimate of drug-likeness (QED) is 0.198. The molecule has 0 N–H and O–H groups in total. The van der Waals surface area contributed by atoms with Gasteiger partial charge in [0, 0.05) is 42.3 Å². The third kappa shape index (κ3) is 2.96. The van der Waals surface area contributed by atoms with Crippen molar-refractivity contribution < 1.29 is 0 Å². The van der Waals surface area contributed by atoms with Crippen LogP contribution in [0.4, 0.5) is 0 Å². The van der Waals surface area contributed by atoms with Crippen molar-refractivity contribution in [1.82, 2.24) is 14.5 Å². The lowest BCUT2D eigenvalue weighted by Gasteiger charge is -2.23. The number of benzene rings is 6. The lowest BCUT2D eigenvalue weighted by Crippen LogP contribution is -2.15. The molecule has 0 atom stereocenters. The first-order valence-electron chi connectivity index (χ1n) is 14.8. The number of hydrogen-bond acceptors (Lipinski definition) is 3. The Balaban J connectivity index is 1.35. The second-order valence-electron chi connectivity index (χ2n) is 12.2. The molecule has 3 heterocycles. The van der Waals surface area contributed by atoms with E-state index in [4.69, 9.17) is 9.97 Å². The molecular formula is C39H25N3S. The Hall–Kier alpha value is -4.93. The number of hydrogen-bond donors (Lipinski definition) is 0. The van der Waals surface area contributed by atoms with Crippen LogP contribution in [0, 0.1) is 0 Å². The molecule has 6 aromatic carbocycles. The summed E-state index contributed by atoms with van der Waals surface area (Å²) in [5, 5.41) is 6.10. The van der Waals surface area contributed by atoms with E-state index in [2.05, 4.69) is 134 Å². The summed E-state index contributed by atoms with van der Waals surface area (Å²) in [6.45, 7) is 4.72. The summed E-state index contributed by atoms with van der Waals surface area (Å²) in [6, 6.07) is 41.9. The van der Waals surface area contributed by atoms with Crippen LogP contribution in [-0.4, -0.2) is 14.5 Å². The van der Waals surface area contributed by atoms with Gasteiger partial charge in [0.1, 0.15) is 0 Å². The van der Waals surface area contributed by atoms with Gasteiger partial charge in [-0.3, -0.25) is 4.57 Å². The fourth-order valence-corrected chi connectivity index (χ4v) is 8.87. The smallest absolute Gasteiger partial charge is 0.235 e. The molecule has 1 aliphatic carbocycles. The first-order valence-corrected chi connectivity index (χ1v) is 15.6. The minimum Gasteiger partial charge on any atom is -0.277 e. The molecule has 202 valence electrons. The highest BCUT2D eigenvalue weighted by Crippen LogP contribution is 2.52. The van der Waals surface area contributed by atoms with E-state index in [-0.39, 0.29) is 5.41 Å². The summed E-state index contributed by atoms with van der Waals surface area (Å²) in [4.78, 5) is 13.1. The van der Waals surface area contributed by atoms with Crippen molar-refractivity contribution >= 4 is 55.2 Å². The molecule has 3 nitrogen and oxygen atoms in total. The molecule has 0 spiro atoms. The molecule has 4 heteroatoms. The maximum atomic E-state index is 5.39. The molecule has 0 saturated carbocycles. The largest absolute Gasteiger partial charge is 0.277 e. The van der Waals surface area contributed by atoms with Crippen LogP contribution < -0.4 is 0 Å². The second kappa shape index (κ2) is 8.12. The Morgan fingerprint density at radius 1 is 0.581 bits per heavy atom. The molecule has 0 radical (unpaired) electrons. The lowest BCUT2D eigenvalue weighted by atomic mass is 9.80. The molecule has 0 amide bonds. The fraction of sp³-hybridized carbons (Fsp3) is 0.0769. The molecule has 10 rings (SSSR count). The Labute approximate surface area is 252 Å². The van der Waals surface area contributed by atoms with Crippen molar-refractivity contribution in [3.05, 3.63) is 126 Å². The zero-order chi connectivity index (χ0) is 28.4. The Morgan fingerprint density at radius 3 is 2.23 bits per heavy atom. The van der Waals surface area contributed by atoms with Crippen molar-refractivity contribution in [2.75, 3.05) is 0 Å². The number of para-hydroxylation sites is 1. The lowest BCUT2D eigenvalue weighted by molar-refractivity contribution is 0.666. The van der Waals surface area contributed by atoms with Crippen LogP contribution >= 0.6 is 11.8 Å². The van der Waals surface area contributed by atoms with Crippen LogP contribution in [0.5, 0.6) is 0 Å². The molecule has 0 bridgehead atoms. The zero-order valence-electron chi connectivity index (χ0n) is 23.7. The highest BCUT2D eigenvalue weighted by atomic mass is 32.2. The number of nitrogens with zero attached hydrogens (tertiary/aromatic N) is 3. The normalized spacial score (nSPS) is 14.4. The highest BCUT2D eigenvalue weighted by Gasteiger charge is 2.37. The van der Waals surface area contributed by atoms with Crippen molar-refractivity contribution in [3.63, 3.8) is 0 Å². The topological polar surface area (TPSA) is 30.7 Å². The van der Waals surface area contributed by atoms with E-state index in [1.54, 1.807) is 11.8 Å². The van der Waals surface area contributed by atoms with Gasteiger partial charge in [-0.1, -0.05) is 117 Å². The van der Waals surface area contributed by atoms with E-state index >= 15 is 0 Å². The monoisotopic (exact) mass is 567 g/mol. The maximum absolute atomic E-state index is 5.39. The number of rotatable bonds is 1. The van der Waals surface area contributed by atoms with Crippen LogP contribution in [0.1, 0.15) is 25.0 Å². The van der Waals surface area contributed by atoms with Crippen LogP contribution in [0.25, 0.3) is 71.8 Å². The Kier molecular flexibility index (Phi) is 4.46. The van der Waals surface area contributed by atoms with E-state index < -0.39 is 0 Å². The van der Waals surface area contributed by atoms with E-state index in [1.807, 2.05) is 0 Å². The van der Waals surface area contributed by atoms with Gasteiger partial charge >= 0.3 is 0 Å². The molecule has 0 unspecified atom stereocenters. The first-order chi connectivity index (χ1) is 21.1. The number of aromatic nitrogens is 3. The van der Waals surface area contributed by atoms with Gasteiger partial charge in [0.05, 0.1) is 22.2 Å². The van der Waals surface area contributed by atoms with Crippen molar-refractivity contribution in [1.29, 1.82) is 0 Å². The summed E-state index contributed by atoms with van der Waals surface area (Å²) >= 11 is 1.80. The van der Waals surface area contributed by atoms with E-state index in [0.717, 1.165) is 27.6 Å². The summed E-state index contributed by atoms with van der Waals surface area (Å²) in [6.07, 6.45) is 0. The second-order valence-corrected chi connectivity index (χ2v) is 13.3. The van der Waals surface area contributed by atoms with Gasteiger partial charge in [0.15, 0.2) is 0 Å². The molecule has 2 aliphatic rings. The number of fused-ring (bicyclic) bond motifs is 11. The zero-order valence-corrected chi connectivity index (χ0v) is 24.5. The minimum atomic E-state index is -0.0998. The Morgan fingerprint density at radius 2 is 1.30 bits per heavy atom. The molecular weight excluding hydrogens is 543 g/mol. The van der Waals surface area contributed by atoms with Crippen molar-refractivity contribution in [2.24, 2.45) is 0 Å². The van der Waals surface area contributed by atoms with Crippen LogP contribution in [-0.2, 0) is 5.41 Å². The molecule has 2 aromatic heterocycles. The van der Waals surface area contributed by atoms with E-state index in [0.29, 0.717) is 5.95 Å². The molecule has 43 heavy (non-hydrogen) atoms. The summed E-state index contributed by atoms with van der Waals surface area (Å²) in [7, 11) is 0. The predicted octanol–water partition coefficient (Wildman–Crippen LogP) is 10.3. The predicted molar refractivity (Wildman–Crippen MR) is 179 cm³/mol. The third-order valence-electron chi connectivity index (χ3n) is 9.58. The summed E-state index contributed by atoms with van der Waals surface area (Å²) in [5.74, 6) is 0.711. The SMILES string of the molecule is CC1(C)c2ccccc2-c2ccc3c(ccc4c5ccccc5n(-c5nc6c7c(cccc7n5)Sc5ccccc5-6)c34)c21. The van der Waals surface area contributed by atoms with Gasteiger partial charge in [-0.2, -0.15) is 0 Å². The van der Waals surface area contributed by atoms with Crippen LogP contribution in [0.15, 0.2) is 125 Å². The van der Waals surface area contributed by atoms with Crippen LogP contribution in [0.3, 0.4) is 0 Å². The fourth-order valence-electron chi connectivity index (χ4n) is 7.76. The van der Waals surface area contributed by atoms with E-state index in [9.17, 15) is 0 Å². The summed E-state index contributed by atoms with van der Waals surface area (Å²) in [5.41, 5.74) is 10.8. The van der Waals surface area contributed by atoms with Gasteiger partial charge in [-0.25, -0.2) is 9.97 Å². The first kappa shape index (κ1) is 23.6. The van der Waals surface area contributed by atoms with E-state index in [1.165, 1.54) is 59.2 Å².